The van der Waals surface area contributed by atoms with E-state index >= 15 is 0 Å². The quantitative estimate of drug-likeness (QED) is 0.616. The Hall–Kier alpha value is -1.14. The lowest BCUT2D eigenvalue weighted by molar-refractivity contribution is -0.142. The number of carboxylic acids is 1. The number of carboxylic acid groups (broad SMARTS) is 1. The number of nitrogens with one attached hydrogen (secondary N) is 2. The molecule has 3 N–H and O–H groups in total. The van der Waals surface area contributed by atoms with Gasteiger partial charge in [0.05, 0.1) is 12.5 Å². The number of hydrogen-bond acceptors (Lipinski definition) is 4. The number of nitrogens with zero attached hydrogens (tertiary/aromatic N) is 1. The molecule has 2 atom stereocenters. The largest absolute Gasteiger partial charge is 0.481 e. The molecule has 0 aromatic rings. The number of piperazine rings is 1. The molecule has 1 aliphatic heterocycles. The van der Waals surface area contributed by atoms with E-state index in [-0.39, 0.29) is 11.9 Å². The highest BCUT2D eigenvalue weighted by Gasteiger charge is 2.33. The van der Waals surface area contributed by atoms with E-state index in [1.165, 1.54) is 0 Å². The second-order valence-corrected chi connectivity index (χ2v) is 5.08. The van der Waals surface area contributed by atoms with Gasteiger partial charge in [-0.2, -0.15) is 0 Å². The third-order valence-electron chi connectivity index (χ3n) is 3.76. The van der Waals surface area contributed by atoms with Crippen molar-refractivity contribution in [3.05, 3.63) is 0 Å². The third-order valence-corrected chi connectivity index (χ3v) is 3.76. The van der Waals surface area contributed by atoms with Crippen LogP contribution in [-0.2, 0) is 9.59 Å². The van der Waals surface area contributed by atoms with Crippen LogP contribution in [0.2, 0.25) is 0 Å². The van der Waals surface area contributed by atoms with Crippen LogP contribution in [0.5, 0.6) is 0 Å². The van der Waals surface area contributed by atoms with Gasteiger partial charge in [-0.1, -0.05) is 6.42 Å². The van der Waals surface area contributed by atoms with Crippen molar-refractivity contribution in [2.24, 2.45) is 5.92 Å². The van der Waals surface area contributed by atoms with Crippen LogP contribution < -0.4 is 10.6 Å². The molecule has 1 heterocycles. The van der Waals surface area contributed by atoms with E-state index < -0.39 is 11.9 Å². The van der Waals surface area contributed by atoms with Crippen molar-refractivity contribution in [1.82, 2.24) is 15.5 Å². The zero-order valence-electron chi connectivity index (χ0n) is 10.5. The third kappa shape index (κ3) is 3.43. The first-order valence-corrected chi connectivity index (χ1v) is 6.62. The summed E-state index contributed by atoms with van der Waals surface area (Å²) in [6.45, 7) is 3.95. The number of rotatable bonds is 4. The molecule has 0 radical (unpaired) electrons. The summed E-state index contributed by atoms with van der Waals surface area (Å²) in [5.74, 6) is -1.24. The smallest absolute Gasteiger partial charge is 0.308 e. The molecule has 2 rings (SSSR count). The maximum atomic E-state index is 11.9. The summed E-state index contributed by atoms with van der Waals surface area (Å²) in [5.41, 5.74) is 0. The Bertz CT molecular complexity index is 316. The zero-order chi connectivity index (χ0) is 13.0. The van der Waals surface area contributed by atoms with Gasteiger partial charge in [-0.3, -0.25) is 14.5 Å². The van der Waals surface area contributed by atoms with Crippen molar-refractivity contribution in [2.75, 3.05) is 32.7 Å². The molecule has 2 aliphatic rings. The fourth-order valence-corrected chi connectivity index (χ4v) is 2.75. The molecule has 1 saturated carbocycles. The number of amides is 1. The average Bonchev–Trinajstić information content (AvgIpc) is 2.78. The first-order valence-electron chi connectivity index (χ1n) is 6.62. The summed E-state index contributed by atoms with van der Waals surface area (Å²) in [6, 6.07) is -0.182. The summed E-state index contributed by atoms with van der Waals surface area (Å²) in [5, 5.41) is 15.2. The van der Waals surface area contributed by atoms with Gasteiger partial charge in [0.2, 0.25) is 5.91 Å². The Labute approximate surface area is 107 Å². The van der Waals surface area contributed by atoms with E-state index in [4.69, 9.17) is 5.11 Å². The number of carbonyl (C=O) groups excluding carboxylic acids is 1. The van der Waals surface area contributed by atoms with Gasteiger partial charge in [-0.25, -0.2) is 0 Å². The van der Waals surface area contributed by atoms with Gasteiger partial charge >= 0.3 is 5.97 Å². The van der Waals surface area contributed by atoms with Gasteiger partial charge in [0.25, 0.3) is 0 Å². The standard InChI is InChI=1S/C12H21N3O3/c16-11(8-15-6-4-13-5-7-15)14-10-3-1-2-9(10)12(17)18/h9-10,13H,1-8H2,(H,14,16)(H,17,18). The number of hydrogen-bond donors (Lipinski definition) is 3. The molecule has 0 bridgehead atoms. The predicted molar refractivity (Wildman–Crippen MR) is 66.2 cm³/mol. The topological polar surface area (TPSA) is 81.7 Å². The SMILES string of the molecule is O=C(CN1CCNCC1)NC1CCCC1C(=O)O. The molecule has 0 aromatic carbocycles. The molecule has 1 amide bonds. The minimum atomic E-state index is -0.792. The Morgan fingerprint density at radius 3 is 2.67 bits per heavy atom. The van der Waals surface area contributed by atoms with Crippen molar-refractivity contribution >= 4 is 11.9 Å². The second-order valence-electron chi connectivity index (χ2n) is 5.08. The molecule has 6 nitrogen and oxygen atoms in total. The Kier molecular flexibility index (Phi) is 4.54. The van der Waals surface area contributed by atoms with Crippen LogP contribution in [-0.4, -0.2) is 60.6 Å². The van der Waals surface area contributed by atoms with Crippen molar-refractivity contribution in [2.45, 2.75) is 25.3 Å². The van der Waals surface area contributed by atoms with Crippen LogP contribution in [0.15, 0.2) is 0 Å². The molecule has 0 spiro atoms. The first kappa shape index (κ1) is 13.3. The summed E-state index contributed by atoms with van der Waals surface area (Å²) in [4.78, 5) is 25.0. The van der Waals surface area contributed by atoms with Crippen molar-refractivity contribution < 1.29 is 14.7 Å². The molecular weight excluding hydrogens is 234 g/mol. The Morgan fingerprint density at radius 1 is 1.28 bits per heavy atom. The van der Waals surface area contributed by atoms with E-state index in [0.717, 1.165) is 39.0 Å². The maximum absolute atomic E-state index is 11.9. The van der Waals surface area contributed by atoms with Gasteiger partial charge in [0, 0.05) is 32.2 Å². The van der Waals surface area contributed by atoms with Gasteiger partial charge in [-0.05, 0) is 12.8 Å². The number of aliphatic carboxylic acids is 1. The van der Waals surface area contributed by atoms with Crippen LogP contribution in [0.3, 0.4) is 0 Å². The fraction of sp³-hybridized carbons (Fsp3) is 0.833. The van der Waals surface area contributed by atoms with Crippen molar-refractivity contribution in [3.63, 3.8) is 0 Å². The minimum absolute atomic E-state index is 0.0462. The lowest BCUT2D eigenvalue weighted by atomic mass is 10.0. The minimum Gasteiger partial charge on any atom is -0.481 e. The van der Waals surface area contributed by atoms with Crippen molar-refractivity contribution in [1.29, 1.82) is 0 Å². The molecule has 2 unspecified atom stereocenters. The van der Waals surface area contributed by atoms with Gasteiger partial charge in [0.15, 0.2) is 0 Å². The summed E-state index contributed by atoms with van der Waals surface area (Å²) in [7, 11) is 0. The van der Waals surface area contributed by atoms with Crippen LogP contribution in [0.25, 0.3) is 0 Å². The van der Waals surface area contributed by atoms with E-state index in [0.29, 0.717) is 13.0 Å². The average molecular weight is 255 g/mol. The van der Waals surface area contributed by atoms with E-state index in [9.17, 15) is 9.59 Å². The zero-order valence-corrected chi connectivity index (χ0v) is 10.5. The molecule has 102 valence electrons. The summed E-state index contributed by atoms with van der Waals surface area (Å²) < 4.78 is 0. The molecule has 18 heavy (non-hydrogen) atoms. The lowest BCUT2D eigenvalue weighted by Gasteiger charge is -2.27. The van der Waals surface area contributed by atoms with Crippen LogP contribution in [0, 0.1) is 5.92 Å². The van der Waals surface area contributed by atoms with Crippen LogP contribution in [0.4, 0.5) is 0 Å². The van der Waals surface area contributed by atoms with E-state index in [1.54, 1.807) is 0 Å². The molecular formula is C12H21N3O3. The Morgan fingerprint density at radius 2 is 2.00 bits per heavy atom. The molecule has 6 heteroatoms. The molecule has 1 saturated heterocycles. The second kappa shape index (κ2) is 6.15. The maximum Gasteiger partial charge on any atom is 0.308 e. The van der Waals surface area contributed by atoms with Gasteiger partial charge in [0.1, 0.15) is 0 Å². The van der Waals surface area contributed by atoms with Gasteiger partial charge < -0.3 is 15.7 Å². The van der Waals surface area contributed by atoms with Crippen LogP contribution >= 0.6 is 0 Å². The van der Waals surface area contributed by atoms with Crippen LogP contribution in [0.1, 0.15) is 19.3 Å². The van der Waals surface area contributed by atoms with E-state index in [2.05, 4.69) is 15.5 Å². The monoisotopic (exact) mass is 255 g/mol. The molecule has 0 aromatic heterocycles. The normalized spacial score (nSPS) is 29.1. The van der Waals surface area contributed by atoms with Crippen molar-refractivity contribution in [3.8, 4) is 0 Å². The number of carbonyl (C=O) groups is 2. The predicted octanol–water partition coefficient (Wildman–Crippen LogP) is -0.739. The highest BCUT2D eigenvalue weighted by molar-refractivity contribution is 5.80. The lowest BCUT2D eigenvalue weighted by Crippen LogP contribution is -2.50. The first-order chi connectivity index (χ1) is 8.66. The van der Waals surface area contributed by atoms with Gasteiger partial charge in [-0.15, -0.1) is 0 Å². The Balaban J connectivity index is 1.77. The molecule has 1 aliphatic carbocycles. The fourth-order valence-electron chi connectivity index (χ4n) is 2.75. The molecule has 2 fully saturated rings. The van der Waals surface area contributed by atoms with E-state index in [1.807, 2.05) is 0 Å². The summed E-state index contributed by atoms with van der Waals surface area (Å²) in [6.07, 6.45) is 2.34. The highest BCUT2D eigenvalue weighted by Crippen LogP contribution is 2.25. The highest BCUT2D eigenvalue weighted by atomic mass is 16.4. The summed E-state index contributed by atoms with van der Waals surface area (Å²) >= 11 is 0.